The van der Waals surface area contributed by atoms with Gasteiger partial charge < -0.3 is 4.74 Å². The molecule has 0 saturated carbocycles. The first-order chi connectivity index (χ1) is 11.9. The van der Waals surface area contributed by atoms with E-state index in [2.05, 4.69) is 10.1 Å². The second-order valence-corrected chi connectivity index (χ2v) is 5.97. The van der Waals surface area contributed by atoms with Gasteiger partial charge in [0.2, 0.25) is 0 Å². The highest BCUT2D eigenvalue weighted by atomic mass is 32.2. The van der Waals surface area contributed by atoms with Crippen molar-refractivity contribution in [1.82, 2.24) is 14.8 Å². The Kier molecular flexibility index (Phi) is 4.71. The quantitative estimate of drug-likeness (QED) is 0.629. The van der Waals surface area contributed by atoms with E-state index in [1.807, 2.05) is 18.4 Å². The third-order valence-electron chi connectivity index (χ3n) is 3.53. The van der Waals surface area contributed by atoms with Crippen molar-refractivity contribution in [3.8, 4) is 22.8 Å². The fourth-order valence-electron chi connectivity index (χ4n) is 2.26. The minimum atomic E-state index is -4.62. The van der Waals surface area contributed by atoms with Gasteiger partial charge in [0.25, 0.3) is 5.82 Å². The summed E-state index contributed by atoms with van der Waals surface area (Å²) in [7, 11) is 1.52. The lowest BCUT2D eigenvalue weighted by Crippen LogP contribution is -2.08. The Labute approximate surface area is 146 Å². The van der Waals surface area contributed by atoms with Crippen LogP contribution < -0.4 is 4.74 Å². The number of thioether (sulfide) groups is 1. The summed E-state index contributed by atoms with van der Waals surface area (Å²) in [4.78, 5) is 4.72. The molecule has 3 rings (SSSR count). The monoisotopic (exact) mass is 365 g/mol. The lowest BCUT2D eigenvalue weighted by Gasteiger charge is -2.07. The maximum absolute atomic E-state index is 13.1. The van der Waals surface area contributed by atoms with Gasteiger partial charge in [-0.05, 0) is 42.7 Å². The van der Waals surface area contributed by atoms with Crippen LogP contribution in [0.4, 0.5) is 13.2 Å². The van der Waals surface area contributed by atoms with E-state index in [9.17, 15) is 13.2 Å². The molecule has 130 valence electrons. The van der Waals surface area contributed by atoms with Gasteiger partial charge >= 0.3 is 6.18 Å². The highest BCUT2D eigenvalue weighted by Crippen LogP contribution is 2.31. The van der Waals surface area contributed by atoms with E-state index in [1.54, 1.807) is 48.2 Å². The number of hydrogen-bond donors (Lipinski definition) is 0. The van der Waals surface area contributed by atoms with Gasteiger partial charge in [0.15, 0.2) is 5.82 Å². The Morgan fingerprint density at radius 2 is 1.64 bits per heavy atom. The molecule has 2 aromatic carbocycles. The molecule has 0 saturated heterocycles. The molecule has 25 heavy (non-hydrogen) atoms. The lowest BCUT2D eigenvalue weighted by atomic mass is 10.2. The van der Waals surface area contributed by atoms with E-state index in [0.717, 1.165) is 4.90 Å². The molecule has 4 nitrogen and oxygen atoms in total. The molecule has 3 aromatic rings. The number of nitrogens with zero attached hydrogens (tertiary/aromatic N) is 3. The molecule has 0 fully saturated rings. The van der Waals surface area contributed by atoms with Crippen LogP contribution in [0.5, 0.6) is 5.75 Å². The first kappa shape index (κ1) is 17.3. The van der Waals surface area contributed by atoms with E-state index in [4.69, 9.17) is 4.74 Å². The first-order valence-corrected chi connectivity index (χ1v) is 8.48. The predicted octanol–water partition coefficient (Wildman–Crippen LogP) is 4.68. The van der Waals surface area contributed by atoms with Gasteiger partial charge in [0, 0.05) is 10.5 Å². The molecule has 1 aromatic heterocycles. The maximum atomic E-state index is 13.1. The summed E-state index contributed by atoms with van der Waals surface area (Å²) >= 11 is 1.55. The van der Waals surface area contributed by atoms with Gasteiger partial charge in [-0.15, -0.1) is 16.9 Å². The van der Waals surface area contributed by atoms with Crippen molar-refractivity contribution in [2.24, 2.45) is 0 Å². The molecule has 0 aliphatic carbocycles. The molecule has 0 aliphatic heterocycles. The average Bonchev–Trinajstić information content (AvgIpc) is 3.07. The average molecular weight is 365 g/mol. The Balaban J connectivity index is 2.12. The number of methoxy groups -OCH3 is 1. The number of ether oxygens (including phenoxy) is 1. The molecule has 0 aliphatic rings. The van der Waals surface area contributed by atoms with Crippen LogP contribution in [-0.4, -0.2) is 28.1 Å². The number of aromatic nitrogens is 3. The number of hydrogen-bond acceptors (Lipinski definition) is 4. The summed E-state index contributed by atoms with van der Waals surface area (Å²) < 4.78 is 45.5. The third-order valence-corrected chi connectivity index (χ3v) is 4.27. The van der Waals surface area contributed by atoms with E-state index in [-0.39, 0.29) is 5.82 Å². The van der Waals surface area contributed by atoms with E-state index in [1.165, 1.54) is 11.8 Å². The van der Waals surface area contributed by atoms with Gasteiger partial charge in [-0.1, -0.05) is 12.1 Å². The number of rotatable bonds is 4. The zero-order valence-corrected chi connectivity index (χ0v) is 14.2. The van der Waals surface area contributed by atoms with Crippen molar-refractivity contribution >= 4 is 11.8 Å². The summed E-state index contributed by atoms with van der Waals surface area (Å²) in [5.41, 5.74) is 1.02. The fourth-order valence-corrected chi connectivity index (χ4v) is 2.67. The normalized spacial score (nSPS) is 11.6. The van der Waals surface area contributed by atoms with Crippen LogP contribution in [-0.2, 0) is 6.18 Å². The van der Waals surface area contributed by atoms with Crippen LogP contribution in [0.15, 0.2) is 53.4 Å². The zero-order chi connectivity index (χ0) is 18.0. The van der Waals surface area contributed by atoms with Crippen LogP contribution in [0.25, 0.3) is 17.1 Å². The van der Waals surface area contributed by atoms with Crippen molar-refractivity contribution in [3.63, 3.8) is 0 Å². The molecular weight excluding hydrogens is 351 g/mol. The Hall–Kier alpha value is -2.48. The summed E-state index contributed by atoms with van der Waals surface area (Å²) in [6, 6.07) is 13.7. The van der Waals surface area contributed by atoms with Crippen molar-refractivity contribution in [3.05, 3.63) is 54.4 Å². The minimum Gasteiger partial charge on any atom is -0.497 e. The van der Waals surface area contributed by atoms with E-state index >= 15 is 0 Å². The van der Waals surface area contributed by atoms with Crippen molar-refractivity contribution < 1.29 is 17.9 Å². The van der Waals surface area contributed by atoms with Gasteiger partial charge in [-0.2, -0.15) is 13.2 Å². The van der Waals surface area contributed by atoms with Crippen LogP contribution >= 0.6 is 11.8 Å². The van der Waals surface area contributed by atoms with Gasteiger partial charge in [-0.3, -0.25) is 0 Å². The van der Waals surface area contributed by atoms with Crippen molar-refractivity contribution in [2.45, 2.75) is 11.1 Å². The van der Waals surface area contributed by atoms with E-state index < -0.39 is 12.0 Å². The Bertz CT molecular complexity index is 793. The second kappa shape index (κ2) is 6.79. The molecular formula is C17H14F3N3OS. The Morgan fingerprint density at radius 1 is 1.00 bits per heavy atom. The highest BCUT2D eigenvalue weighted by molar-refractivity contribution is 7.98. The summed E-state index contributed by atoms with van der Waals surface area (Å²) in [5.74, 6) is -0.441. The third kappa shape index (κ3) is 3.63. The number of halogens is 3. The summed E-state index contributed by atoms with van der Waals surface area (Å²) in [6.07, 6.45) is -2.69. The van der Waals surface area contributed by atoms with Gasteiger partial charge in [0.1, 0.15) is 5.75 Å². The molecule has 0 bridgehead atoms. The van der Waals surface area contributed by atoms with Crippen molar-refractivity contribution in [2.75, 3.05) is 13.4 Å². The van der Waals surface area contributed by atoms with Crippen LogP contribution in [0.2, 0.25) is 0 Å². The highest BCUT2D eigenvalue weighted by Gasteiger charge is 2.37. The van der Waals surface area contributed by atoms with Crippen LogP contribution in [0, 0.1) is 0 Å². The molecule has 0 atom stereocenters. The maximum Gasteiger partial charge on any atom is 0.453 e. The van der Waals surface area contributed by atoms with Gasteiger partial charge in [0.05, 0.1) is 12.8 Å². The smallest absolute Gasteiger partial charge is 0.453 e. The largest absolute Gasteiger partial charge is 0.497 e. The fraction of sp³-hybridized carbons (Fsp3) is 0.176. The molecule has 0 radical (unpaired) electrons. The number of benzene rings is 2. The SMILES string of the molecule is COc1ccc(-n2nc(C(F)(F)F)nc2-c2ccc(SC)cc2)cc1. The topological polar surface area (TPSA) is 39.9 Å². The lowest BCUT2D eigenvalue weighted by molar-refractivity contribution is -0.144. The van der Waals surface area contributed by atoms with Crippen LogP contribution in [0.1, 0.15) is 5.82 Å². The molecule has 0 N–H and O–H groups in total. The Morgan fingerprint density at radius 3 is 2.16 bits per heavy atom. The van der Waals surface area contributed by atoms with E-state index in [0.29, 0.717) is 17.0 Å². The zero-order valence-electron chi connectivity index (χ0n) is 13.4. The number of alkyl halides is 3. The molecule has 8 heteroatoms. The molecule has 0 amide bonds. The molecule has 0 spiro atoms. The molecule has 0 unspecified atom stereocenters. The summed E-state index contributed by atoms with van der Waals surface area (Å²) in [6.45, 7) is 0. The first-order valence-electron chi connectivity index (χ1n) is 7.25. The standard InChI is InChI=1S/C17H14F3N3OS/c1-24-13-7-5-12(6-8-13)23-15(21-16(22-23)17(18,19)20)11-3-9-14(25-2)10-4-11/h3-10H,1-2H3. The van der Waals surface area contributed by atoms with Gasteiger partial charge in [-0.25, -0.2) is 9.67 Å². The predicted molar refractivity (Wildman–Crippen MR) is 90.1 cm³/mol. The van der Waals surface area contributed by atoms with Crippen LogP contribution in [0.3, 0.4) is 0 Å². The minimum absolute atomic E-state index is 0.130. The van der Waals surface area contributed by atoms with Crippen molar-refractivity contribution in [1.29, 1.82) is 0 Å². The summed E-state index contributed by atoms with van der Waals surface area (Å²) in [5, 5.41) is 3.66. The second-order valence-electron chi connectivity index (χ2n) is 5.10. The molecule has 1 heterocycles.